The predicted octanol–water partition coefficient (Wildman–Crippen LogP) is 2.34. The molecule has 23 heavy (non-hydrogen) atoms. The number of hydrogen-bond acceptors (Lipinski definition) is 3. The van der Waals surface area contributed by atoms with Crippen LogP contribution in [0.15, 0.2) is 24.4 Å². The monoisotopic (exact) mass is 316 g/mol. The van der Waals surface area contributed by atoms with Gasteiger partial charge < -0.3 is 19.7 Å². The molecule has 1 amide bonds. The molecule has 3 rings (SSSR count). The van der Waals surface area contributed by atoms with Gasteiger partial charge in [0.25, 0.3) is 0 Å². The second-order valence-corrected chi connectivity index (χ2v) is 6.16. The van der Waals surface area contributed by atoms with Crippen molar-refractivity contribution in [1.29, 1.82) is 0 Å². The van der Waals surface area contributed by atoms with Crippen LogP contribution in [0.3, 0.4) is 0 Å². The van der Waals surface area contributed by atoms with Gasteiger partial charge in [-0.1, -0.05) is 6.07 Å². The molecule has 124 valence electrons. The Balaban J connectivity index is 1.83. The van der Waals surface area contributed by atoms with E-state index in [-0.39, 0.29) is 24.5 Å². The number of likely N-dealkylation sites (tertiary alicyclic amines) is 1. The Hall–Kier alpha value is -2.01. The number of aromatic amines is 1. The van der Waals surface area contributed by atoms with Gasteiger partial charge in [-0.05, 0) is 38.0 Å². The molecule has 5 heteroatoms. The number of rotatable bonds is 5. The fourth-order valence-electron chi connectivity index (χ4n) is 3.50. The first-order valence-electron chi connectivity index (χ1n) is 8.27. The van der Waals surface area contributed by atoms with E-state index < -0.39 is 0 Å². The largest absolute Gasteiger partial charge is 0.493 e. The molecule has 0 saturated carbocycles. The van der Waals surface area contributed by atoms with Crippen molar-refractivity contribution in [3.05, 3.63) is 30.0 Å². The van der Waals surface area contributed by atoms with Crippen LogP contribution in [0.1, 0.15) is 25.8 Å². The molecule has 2 aromatic rings. The maximum atomic E-state index is 12.7. The molecular formula is C18H24N2O3. The maximum Gasteiger partial charge on any atom is 0.227 e. The number of nitrogens with zero attached hydrogens (tertiary/aromatic N) is 1. The first kappa shape index (κ1) is 15.9. The lowest BCUT2D eigenvalue weighted by Crippen LogP contribution is -2.37. The van der Waals surface area contributed by atoms with Gasteiger partial charge in [-0.2, -0.15) is 0 Å². The fraction of sp³-hybridized carbons (Fsp3) is 0.500. The molecule has 1 saturated heterocycles. The second-order valence-electron chi connectivity index (χ2n) is 6.16. The van der Waals surface area contributed by atoms with Crippen LogP contribution in [0.25, 0.3) is 10.9 Å². The summed E-state index contributed by atoms with van der Waals surface area (Å²) in [5, 5.41) is 10.4. The van der Waals surface area contributed by atoms with Crippen LogP contribution in [0, 0.1) is 5.92 Å². The number of ether oxygens (including phenoxy) is 1. The zero-order valence-corrected chi connectivity index (χ0v) is 13.7. The molecule has 1 aliphatic rings. The Bertz CT molecular complexity index is 695. The molecule has 1 aromatic heterocycles. The Morgan fingerprint density at radius 1 is 1.48 bits per heavy atom. The Morgan fingerprint density at radius 2 is 2.30 bits per heavy atom. The summed E-state index contributed by atoms with van der Waals surface area (Å²) in [5.74, 6) is 1.12. The number of aliphatic hydroxyl groups excluding tert-OH is 1. The lowest BCUT2D eigenvalue weighted by atomic mass is 10.0. The molecule has 1 aliphatic heterocycles. The van der Waals surface area contributed by atoms with Gasteiger partial charge in [0.05, 0.1) is 13.0 Å². The highest BCUT2D eigenvalue weighted by atomic mass is 16.5. The summed E-state index contributed by atoms with van der Waals surface area (Å²) in [7, 11) is 0. The zero-order chi connectivity index (χ0) is 16.4. The average molecular weight is 316 g/mol. The predicted molar refractivity (Wildman–Crippen MR) is 89.5 cm³/mol. The summed E-state index contributed by atoms with van der Waals surface area (Å²) in [6, 6.07) is 5.98. The summed E-state index contributed by atoms with van der Waals surface area (Å²) < 4.78 is 5.70. The minimum Gasteiger partial charge on any atom is -0.493 e. The molecule has 0 spiro atoms. The number of amides is 1. The van der Waals surface area contributed by atoms with E-state index in [0.717, 1.165) is 35.2 Å². The summed E-state index contributed by atoms with van der Waals surface area (Å²) in [4.78, 5) is 17.8. The van der Waals surface area contributed by atoms with Gasteiger partial charge in [-0.3, -0.25) is 4.79 Å². The first-order valence-corrected chi connectivity index (χ1v) is 8.27. The Labute approximate surface area is 136 Å². The van der Waals surface area contributed by atoms with Gasteiger partial charge in [-0.15, -0.1) is 0 Å². The first-order chi connectivity index (χ1) is 11.2. The Kier molecular flexibility index (Phi) is 4.57. The maximum absolute atomic E-state index is 12.7. The molecule has 1 fully saturated rings. The van der Waals surface area contributed by atoms with Crippen LogP contribution in [0.2, 0.25) is 0 Å². The van der Waals surface area contributed by atoms with Gasteiger partial charge in [-0.25, -0.2) is 0 Å². The van der Waals surface area contributed by atoms with Crippen LogP contribution < -0.4 is 4.74 Å². The van der Waals surface area contributed by atoms with Crippen LogP contribution >= 0.6 is 0 Å². The van der Waals surface area contributed by atoms with Crippen molar-refractivity contribution in [3.8, 4) is 5.75 Å². The SMILES string of the molecule is CCOc1cccc2[nH]cc(CC(=O)N3CC[C@H](CO)[C@@H]3C)c12. The number of aromatic nitrogens is 1. The summed E-state index contributed by atoms with van der Waals surface area (Å²) in [5.41, 5.74) is 1.95. The highest BCUT2D eigenvalue weighted by Crippen LogP contribution is 2.30. The minimum atomic E-state index is 0.101. The smallest absolute Gasteiger partial charge is 0.227 e. The van der Waals surface area contributed by atoms with E-state index in [2.05, 4.69) is 4.98 Å². The van der Waals surface area contributed by atoms with Crippen molar-refractivity contribution in [2.24, 2.45) is 5.92 Å². The zero-order valence-electron chi connectivity index (χ0n) is 13.7. The lowest BCUT2D eigenvalue weighted by molar-refractivity contribution is -0.131. The van der Waals surface area contributed by atoms with Crippen LogP contribution in [0.5, 0.6) is 5.75 Å². The van der Waals surface area contributed by atoms with Gasteiger partial charge in [0.2, 0.25) is 5.91 Å². The molecule has 0 bridgehead atoms. The van der Waals surface area contributed by atoms with E-state index in [1.54, 1.807) is 0 Å². The molecule has 2 N–H and O–H groups in total. The van der Waals surface area contributed by atoms with E-state index in [9.17, 15) is 9.90 Å². The van der Waals surface area contributed by atoms with Gasteiger partial charge >= 0.3 is 0 Å². The number of aliphatic hydroxyl groups is 1. The molecule has 2 atom stereocenters. The van der Waals surface area contributed by atoms with Gasteiger partial charge in [0.1, 0.15) is 5.75 Å². The number of hydrogen-bond donors (Lipinski definition) is 2. The third-order valence-corrected chi connectivity index (χ3v) is 4.86. The van der Waals surface area contributed by atoms with E-state index in [4.69, 9.17) is 4.74 Å². The highest BCUT2D eigenvalue weighted by molar-refractivity contribution is 5.93. The highest BCUT2D eigenvalue weighted by Gasteiger charge is 2.33. The number of fused-ring (bicyclic) bond motifs is 1. The number of H-pyrrole nitrogens is 1. The van der Waals surface area contributed by atoms with E-state index in [1.165, 1.54) is 0 Å². The summed E-state index contributed by atoms with van der Waals surface area (Å²) in [6.07, 6.45) is 3.13. The van der Waals surface area contributed by atoms with Crippen LogP contribution in [0.4, 0.5) is 0 Å². The van der Waals surface area contributed by atoms with Crippen molar-refractivity contribution < 1.29 is 14.6 Å². The molecular weight excluding hydrogens is 292 g/mol. The van der Waals surface area contributed by atoms with E-state index in [0.29, 0.717) is 13.0 Å². The van der Waals surface area contributed by atoms with Crippen molar-refractivity contribution in [2.45, 2.75) is 32.7 Å². The quantitative estimate of drug-likeness (QED) is 0.890. The molecule has 5 nitrogen and oxygen atoms in total. The van der Waals surface area contributed by atoms with Crippen molar-refractivity contribution >= 4 is 16.8 Å². The topological polar surface area (TPSA) is 65.6 Å². The third kappa shape index (κ3) is 2.93. The second kappa shape index (κ2) is 6.62. The van der Waals surface area contributed by atoms with Crippen molar-refractivity contribution in [3.63, 3.8) is 0 Å². The molecule has 0 aliphatic carbocycles. The number of carbonyl (C=O) groups is 1. The molecule has 0 unspecified atom stereocenters. The van der Waals surface area contributed by atoms with Gasteiger partial charge in [0.15, 0.2) is 0 Å². The van der Waals surface area contributed by atoms with Gasteiger partial charge in [0, 0.05) is 42.2 Å². The summed E-state index contributed by atoms with van der Waals surface area (Å²) in [6.45, 7) is 5.45. The average Bonchev–Trinajstić information content (AvgIpc) is 3.12. The van der Waals surface area contributed by atoms with E-state index >= 15 is 0 Å². The summed E-state index contributed by atoms with van der Waals surface area (Å²) >= 11 is 0. The molecule has 2 heterocycles. The lowest BCUT2D eigenvalue weighted by Gasteiger charge is -2.24. The number of carbonyl (C=O) groups excluding carboxylic acids is 1. The van der Waals surface area contributed by atoms with Crippen molar-refractivity contribution in [2.75, 3.05) is 19.8 Å². The standard InChI is InChI=1S/C18H24N2O3/c1-3-23-16-6-4-5-15-18(16)14(10-19-15)9-17(22)20-8-7-13(11-21)12(20)2/h4-6,10,12-13,19,21H,3,7-9,11H2,1-2H3/t12-,13+/m0/s1. The van der Waals surface area contributed by atoms with Crippen LogP contribution in [-0.4, -0.2) is 46.7 Å². The molecule has 0 radical (unpaired) electrons. The number of nitrogens with one attached hydrogen (secondary N) is 1. The normalized spacial score (nSPS) is 21.1. The minimum absolute atomic E-state index is 0.101. The molecule has 1 aromatic carbocycles. The number of benzene rings is 1. The fourth-order valence-corrected chi connectivity index (χ4v) is 3.50. The Morgan fingerprint density at radius 3 is 3.00 bits per heavy atom. The van der Waals surface area contributed by atoms with E-state index in [1.807, 2.05) is 43.1 Å². The van der Waals surface area contributed by atoms with Crippen LogP contribution in [-0.2, 0) is 11.2 Å². The van der Waals surface area contributed by atoms with Crippen molar-refractivity contribution in [1.82, 2.24) is 9.88 Å². The third-order valence-electron chi connectivity index (χ3n) is 4.86.